The zero-order valence-corrected chi connectivity index (χ0v) is 17.1. The maximum atomic E-state index is 12.6. The average molecular weight is 409 g/mol. The van der Waals surface area contributed by atoms with Crippen LogP contribution in [-0.4, -0.2) is 22.3 Å². The van der Waals surface area contributed by atoms with Gasteiger partial charge in [-0.3, -0.25) is 9.59 Å². The highest BCUT2D eigenvalue weighted by molar-refractivity contribution is 7.14. The fourth-order valence-corrected chi connectivity index (χ4v) is 4.10. The van der Waals surface area contributed by atoms with Crippen LogP contribution in [0.5, 0.6) is 0 Å². The molecule has 6 nitrogen and oxygen atoms in total. The highest BCUT2D eigenvalue weighted by Gasteiger charge is 2.38. The van der Waals surface area contributed by atoms with Gasteiger partial charge in [-0.05, 0) is 31.9 Å². The summed E-state index contributed by atoms with van der Waals surface area (Å²) in [6.45, 7) is 3.43. The van der Waals surface area contributed by atoms with Crippen molar-refractivity contribution < 1.29 is 9.59 Å². The van der Waals surface area contributed by atoms with Gasteiger partial charge in [-0.2, -0.15) is 0 Å². The van der Waals surface area contributed by atoms with E-state index in [0.29, 0.717) is 5.13 Å². The molecule has 0 aliphatic heterocycles. The molecule has 2 amide bonds. The summed E-state index contributed by atoms with van der Waals surface area (Å²) in [6.07, 6.45) is 3.80. The van der Waals surface area contributed by atoms with Gasteiger partial charge in [-0.25, -0.2) is 4.98 Å². The molecule has 1 aromatic heterocycles. The number of hydrogen-bond acceptors (Lipinski definition) is 5. The first-order valence-electron chi connectivity index (χ1n) is 8.78. The molecule has 0 radical (unpaired) electrons. The largest absolute Gasteiger partial charge is 0.326 e. The Morgan fingerprint density at radius 1 is 1.22 bits per heavy atom. The highest BCUT2D eigenvalue weighted by atomic mass is 35.5. The van der Waals surface area contributed by atoms with Gasteiger partial charge >= 0.3 is 0 Å². The van der Waals surface area contributed by atoms with E-state index in [1.54, 1.807) is 0 Å². The first-order valence-corrected chi connectivity index (χ1v) is 9.66. The molecule has 1 heterocycles. The van der Waals surface area contributed by atoms with Gasteiger partial charge in [0.2, 0.25) is 11.8 Å². The number of hydrogen-bond donors (Lipinski definition) is 3. The number of aromatic nitrogens is 1. The summed E-state index contributed by atoms with van der Waals surface area (Å²) < 4.78 is 0. The van der Waals surface area contributed by atoms with E-state index in [-0.39, 0.29) is 30.1 Å². The number of anilines is 2. The van der Waals surface area contributed by atoms with Gasteiger partial charge in [0.25, 0.3) is 0 Å². The molecule has 27 heavy (non-hydrogen) atoms. The van der Waals surface area contributed by atoms with E-state index < -0.39 is 5.54 Å². The topological polar surface area (TPSA) is 97.1 Å². The smallest absolute Gasteiger partial charge is 0.231 e. The molecule has 1 aliphatic rings. The predicted molar refractivity (Wildman–Crippen MR) is 112 cm³/mol. The van der Waals surface area contributed by atoms with Gasteiger partial charge in [0, 0.05) is 29.1 Å². The summed E-state index contributed by atoms with van der Waals surface area (Å²) in [5.74, 6) is -0.330. The summed E-state index contributed by atoms with van der Waals surface area (Å²) in [5.41, 5.74) is 8.32. The van der Waals surface area contributed by atoms with Crippen molar-refractivity contribution >= 4 is 46.4 Å². The Morgan fingerprint density at radius 2 is 1.93 bits per heavy atom. The molecule has 0 bridgehead atoms. The van der Waals surface area contributed by atoms with Gasteiger partial charge in [0.05, 0.1) is 11.6 Å². The molecule has 2 unspecified atom stereocenters. The van der Waals surface area contributed by atoms with Crippen LogP contribution < -0.4 is 16.4 Å². The molecule has 1 fully saturated rings. The number of nitrogens with zero attached hydrogens (tertiary/aromatic N) is 1. The molecule has 2 atom stereocenters. The molecular weight excluding hydrogens is 384 g/mol. The van der Waals surface area contributed by atoms with Gasteiger partial charge in [-0.1, -0.05) is 25.0 Å². The van der Waals surface area contributed by atoms with E-state index in [9.17, 15) is 9.59 Å². The molecule has 2 aromatic rings. The molecule has 8 heteroatoms. The monoisotopic (exact) mass is 408 g/mol. The van der Waals surface area contributed by atoms with Gasteiger partial charge in [0.1, 0.15) is 0 Å². The Kier molecular flexibility index (Phi) is 6.97. The second kappa shape index (κ2) is 8.82. The number of halogens is 1. The summed E-state index contributed by atoms with van der Waals surface area (Å²) >= 11 is 1.40. The number of rotatable bonds is 4. The van der Waals surface area contributed by atoms with Crippen molar-refractivity contribution in [2.75, 3.05) is 10.6 Å². The van der Waals surface area contributed by atoms with E-state index in [0.717, 1.165) is 42.6 Å². The van der Waals surface area contributed by atoms with Crippen molar-refractivity contribution in [3.8, 4) is 11.3 Å². The normalized spacial score (nSPS) is 21.8. The van der Waals surface area contributed by atoms with E-state index >= 15 is 0 Å². The van der Waals surface area contributed by atoms with Crippen molar-refractivity contribution in [3.05, 3.63) is 29.6 Å². The van der Waals surface area contributed by atoms with Crippen LogP contribution in [0, 0.1) is 5.92 Å². The lowest BCUT2D eigenvalue weighted by atomic mass is 9.74. The summed E-state index contributed by atoms with van der Waals surface area (Å²) in [7, 11) is 0. The summed E-state index contributed by atoms with van der Waals surface area (Å²) in [4.78, 5) is 28.2. The quantitative estimate of drug-likeness (QED) is 0.711. The molecule has 4 N–H and O–H groups in total. The third-order valence-corrected chi connectivity index (χ3v) is 5.56. The van der Waals surface area contributed by atoms with Gasteiger partial charge in [-0.15, -0.1) is 23.7 Å². The molecule has 0 spiro atoms. The van der Waals surface area contributed by atoms with Crippen LogP contribution in [0.3, 0.4) is 0 Å². The average Bonchev–Trinajstić information content (AvgIpc) is 3.03. The lowest BCUT2D eigenvalue weighted by molar-refractivity contribution is -0.122. The molecule has 1 aromatic carbocycles. The van der Waals surface area contributed by atoms with E-state index in [1.165, 1.54) is 18.3 Å². The summed E-state index contributed by atoms with van der Waals surface area (Å²) in [5, 5.41) is 8.15. The first kappa shape index (κ1) is 21.3. The Bertz CT molecular complexity index is 804. The number of nitrogens with one attached hydrogen (secondary N) is 2. The SMILES string of the molecule is CC(=O)Nc1ccc(-c2csc(NC(=O)C3CCCCC3(C)N)n2)cc1.Cl. The Balaban J connectivity index is 0.00000261. The third-order valence-electron chi connectivity index (χ3n) is 4.81. The Hall–Kier alpha value is -1.96. The van der Waals surface area contributed by atoms with Gasteiger partial charge in [0.15, 0.2) is 5.13 Å². The number of nitrogens with two attached hydrogens (primary N) is 1. The second-order valence-electron chi connectivity index (χ2n) is 7.09. The van der Waals surface area contributed by atoms with Crippen molar-refractivity contribution in [2.24, 2.45) is 11.7 Å². The van der Waals surface area contributed by atoms with Crippen LogP contribution in [0.1, 0.15) is 39.5 Å². The van der Waals surface area contributed by atoms with Crippen molar-refractivity contribution in [1.82, 2.24) is 4.98 Å². The molecule has 1 saturated carbocycles. The molecular formula is C19H25ClN4O2S. The lowest BCUT2D eigenvalue weighted by Gasteiger charge is -2.36. The minimum absolute atomic E-state index is 0. The maximum absolute atomic E-state index is 12.6. The second-order valence-corrected chi connectivity index (χ2v) is 7.95. The lowest BCUT2D eigenvalue weighted by Crippen LogP contribution is -2.51. The minimum atomic E-state index is -0.456. The van der Waals surface area contributed by atoms with Crippen molar-refractivity contribution in [3.63, 3.8) is 0 Å². The van der Waals surface area contributed by atoms with E-state index in [2.05, 4.69) is 15.6 Å². The minimum Gasteiger partial charge on any atom is -0.326 e. The third kappa shape index (κ3) is 5.28. The number of amides is 2. The number of carbonyl (C=O) groups is 2. The zero-order chi connectivity index (χ0) is 18.7. The Labute approximate surface area is 169 Å². The van der Waals surface area contributed by atoms with Gasteiger partial charge < -0.3 is 16.4 Å². The predicted octanol–water partition coefficient (Wildman–Crippen LogP) is 4.04. The fraction of sp³-hybridized carbons (Fsp3) is 0.421. The number of carbonyl (C=O) groups excluding carboxylic acids is 2. The van der Waals surface area contributed by atoms with E-state index in [4.69, 9.17) is 5.73 Å². The van der Waals surface area contributed by atoms with Crippen molar-refractivity contribution in [1.29, 1.82) is 0 Å². The van der Waals surface area contributed by atoms with Crippen LogP contribution in [0.15, 0.2) is 29.6 Å². The van der Waals surface area contributed by atoms with E-state index in [1.807, 2.05) is 36.6 Å². The molecule has 146 valence electrons. The molecule has 1 aliphatic carbocycles. The highest BCUT2D eigenvalue weighted by Crippen LogP contribution is 2.33. The number of thiazole rings is 1. The van der Waals surface area contributed by atoms with Crippen LogP contribution in [0.4, 0.5) is 10.8 Å². The summed E-state index contributed by atoms with van der Waals surface area (Å²) in [6, 6.07) is 7.44. The maximum Gasteiger partial charge on any atom is 0.231 e. The number of benzene rings is 1. The fourth-order valence-electron chi connectivity index (χ4n) is 3.37. The zero-order valence-electron chi connectivity index (χ0n) is 15.5. The van der Waals surface area contributed by atoms with Crippen LogP contribution in [-0.2, 0) is 9.59 Å². The van der Waals surface area contributed by atoms with Crippen LogP contribution in [0.25, 0.3) is 11.3 Å². The van der Waals surface area contributed by atoms with Crippen LogP contribution >= 0.6 is 23.7 Å². The molecule has 3 rings (SSSR count). The first-order chi connectivity index (χ1) is 12.3. The Morgan fingerprint density at radius 3 is 2.56 bits per heavy atom. The molecule has 0 saturated heterocycles. The van der Waals surface area contributed by atoms with Crippen molar-refractivity contribution in [2.45, 2.75) is 45.1 Å². The van der Waals surface area contributed by atoms with Crippen LogP contribution in [0.2, 0.25) is 0 Å². The standard InChI is InChI=1S/C19H24N4O2S.ClH/c1-12(24)21-14-8-6-13(7-9-14)16-11-26-18(22-16)23-17(25)15-5-3-4-10-19(15,2)20;/h6-9,11,15H,3-5,10,20H2,1-2H3,(H,21,24)(H,22,23,25);1H.